The van der Waals surface area contributed by atoms with Crippen LogP contribution >= 0.6 is 0 Å². The van der Waals surface area contributed by atoms with Crippen LogP contribution in [0.4, 0.5) is 34.1 Å². The molecule has 1 atom stereocenters. The average Bonchev–Trinajstić information content (AvgIpc) is 3.74. The maximum atomic E-state index is 12.7. The number of aromatic hydroxyl groups is 2. The first-order valence-corrected chi connectivity index (χ1v) is 23.7. The minimum Gasteiger partial charge on any atom is -0.501 e. The van der Waals surface area contributed by atoms with Crippen molar-refractivity contribution in [2.75, 3.05) is 6.54 Å². The molecule has 1 unspecified atom stereocenters. The maximum Gasteiger partial charge on any atom is 1.00 e. The van der Waals surface area contributed by atoms with E-state index in [-0.39, 0.29) is 74.1 Å². The molecule has 6 aromatic rings. The summed E-state index contributed by atoms with van der Waals surface area (Å²) in [5, 5.41) is 75.5. The molecule has 0 spiro atoms. The van der Waals surface area contributed by atoms with Crippen molar-refractivity contribution in [3.8, 4) is 22.9 Å². The molecule has 0 saturated carbocycles. The van der Waals surface area contributed by atoms with Gasteiger partial charge < -0.3 is 35.8 Å². The molecule has 0 aliphatic rings. The van der Waals surface area contributed by atoms with E-state index in [1.54, 1.807) is 13.8 Å². The van der Waals surface area contributed by atoms with Crippen molar-refractivity contribution in [1.82, 2.24) is 19.6 Å². The number of hydrogen-bond acceptors (Lipinski definition) is 19. The van der Waals surface area contributed by atoms with Crippen LogP contribution in [0.3, 0.4) is 0 Å². The average molecular weight is 1050 g/mol. The van der Waals surface area contributed by atoms with E-state index in [0.29, 0.717) is 11.1 Å². The molecule has 0 saturated heterocycles. The number of azo groups is 2. The van der Waals surface area contributed by atoms with Crippen molar-refractivity contribution in [3.05, 3.63) is 136 Å². The Morgan fingerprint density at radius 3 is 1.41 bits per heavy atom. The third-order valence-corrected chi connectivity index (χ3v) is 11.8. The third kappa shape index (κ3) is 14.4. The Balaban J connectivity index is 0.000000406. The Labute approximate surface area is 412 Å². The topological polar surface area (TPSA) is 392 Å². The molecule has 374 valence electrons. The number of phenolic OH excluding ortho intramolecular Hbond substituents is 2. The number of nitrogens with two attached hydrogens (primary N) is 3. The minimum atomic E-state index is -3.98. The van der Waals surface area contributed by atoms with E-state index in [9.17, 15) is 56.9 Å². The van der Waals surface area contributed by atoms with Gasteiger partial charge in [0.05, 0.1) is 31.0 Å². The summed E-state index contributed by atoms with van der Waals surface area (Å²) < 4.78 is 48.0. The van der Waals surface area contributed by atoms with Crippen LogP contribution < -0.4 is 27.1 Å². The molecule has 0 radical (unpaired) electrons. The van der Waals surface area contributed by atoms with Crippen LogP contribution in [-0.2, 0) is 37.4 Å². The molecule has 2 heterocycles. The summed E-state index contributed by atoms with van der Waals surface area (Å²) in [7, 11) is -7.97. The van der Waals surface area contributed by atoms with Crippen molar-refractivity contribution >= 4 is 54.2 Å². The number of aromatic nitrogens is 4. The SMILES string of the molecule is CCCCC(CC)CN.Cc1cc(N=N[c-]2c(C)nn(-c3cccc(S(N)(=O)=O)c3)c2=O)c(O)c([N+](=O)[O-])c1.Cc1cc(N=N[c-]2c(C)nn(-c3cccc(S(N)(=O)=O)c3)c2=O)c(O)c([N+](=O)[O-])c1.[Cr].[H+]. The molecule has 6 rings (SSSR count). The van der Waals surface area contributed by atoms with Gasteiger partial charge in [-0.25, -0.2) is 46.7 Å². The van der Waals surface area contributed by atoms with E-state index in [2.05, 4.69) is 44.5 Å². The third-order valence-electron chi connectivity index (χ3n) is 9.97. The molecule has 0 amide bonds. The fourth-order valence-electron chi connectivity index (χ4n) is 6.26. The number of hydrogen-bond donors (Lipinski definition) is 5. The standard InChI is InChI=1S/2C17H15N6O6S.C8H19N.Cr/c2*1-9-6-13(16(24)14(7-9)23(26)27)19-20-15-10(2)21-22(17(15)25)11-4-3-5-12(8-11)30(18,28)29;1-3-5-6-8(4-2)7-9;/h2*3-8,24H,1-2H3,(H2,18,28,29);8H,3-7,9H2,1-2H3;/q2*-1;;/p+1. The maximum absolute atomic E-state index is 12.7. The number of benzene rings is 4. The number of primary sulfonamides is 2. The van der Waals surface area contributed by atoms with Gasteiger partial charge in [-0.15, -0.1) is 11.4 Å². The zero-order valence-corrected chi connectivity index (χ0v) is 41.4. The first kappa shape index (κ1) is 57.1. The second kappa shape index (κ2) is 24.4. The molecule has 0 aliphatic heterocycles. The Kier molecular flexibility index (Phi) is 19.9. The number of rotatable bonds is 15. The van der Waals surface area contributed by atoms with Crippen LogP contribution in [-0.4, -0.2) is 63.0 Å². The number of phenols is 2. The molecule has 0 bridgehead atoms. The van der Waals surface area contributed by atoms with Gasteiger partial charge in [-0.05, 0) is 92.4 Å². The van der Waals surface area contributed by atoms with Gasteiger partial charge in [-0.2, -0.15) is 10.2 Å². The Bertz CT molecular complexity index is 3090. The number of aryl methyl sites for hydroxylation is 4. The summed E-state index contributed by atoms with van der Waals surface area (Å²) in [5.41, 5.74) is 3.84. The predicted molar refractivity (Wildman–Crippen MR) is 254 cm³/mol. The predicted octanol–water partition coefficient (Wildman–Crippen LogP) is 6.76. The second-order valence-corrected chi connectivity index (χ2v) is 18.4. The van der Waals surface area contributed by atoms with Crippen molar-refractivity contribution in [2.24, 2.45) is 42.4 Å². The summed E-state index contributed by atoms with van der Waals surface area (Å²) >= 11 is 0. The Hall–Kier alpha value is -7.19. The van der Waals surface area contributed by atoms with E-state index in [0.717, 1.165) is 21.8 Å². The van der Waals surface area contributed by atoms with Crippen LogP contribution in [0.2, 0.25) is 0 Å². The van der Waals surface area contributed by atoms with E-state index in [4.69, 9.17) is 16.0 Å². The van der Waals surface area contributed by atoms with Gasteiger partial charge in [-0.1, -0.05) is 70.5 Å². The molecule has 0 fully saturated rings. The van der Waals surface area contributed by atoms with Gasteiger partial charge in [0.25, 0.3) is 0 Å². The second-order valence-electron chi connectivity index (χ2n) is 15.3. The molecule has 4 aromatic carbocycles. The zero-order chi connectivity index (χ0) is 51.5. The number of sulfonamides is 2. The van der Waals surface area contributed by atoms with Crippen molar-refractivity contribution in [2.45, 2.75) is 77.0 Å². The largest absolute Gasteiger partial charge is 1.00 e. The molecule has 8 N–H and O–H groups in total. The Morgan fingerprint density at radius 1 is 0.714 bits per heavy atom. The van der Waals surface area contributed by atoms with Crippen LogP contribution in [0.25, 0.3) is 11.4 Å². The molecular formula is C42H50CrN13O12S2-. The van der Waals surface area contributed by atoms with Gasteiger partial charge in [0.1, 0.15) is 22.5 Å². The summed E-state index contributed by atoms with van der Waals surface area (Å²) in [6.45, 7) is 11.4. The van der Waals surface area contributed by atoms with Gasteiger partial charge in [-0.3, -0.25) is 20.2 Å². The molecule has 25 nitrogen and oxygen atoms in total. The van der Waals surface area contributed by atoms with Crippen molar-refractivity contribution in [1.29, 1.82) is 0 Å². The normalized spacial score (nSPS) is 11.9. The zero-order valence-electron chi connectivity index (χ0n) is 39.4. The number of nitro benzene ring substituents is 2. The quantitative estimate of drug-likeness (QED) is 0.0307. The van der Waals surface area contributed by atoms with Crippen LogP contribution in [0.15, 0.2) is 113 Å². The summed E-state index contributed by atoms with van der Waals surface area (Å²) in [6.07, 6.45) is 5.21. The van der Waals surface area contributed by atoms with Crippen molar-refractivity contribution in [3.63, 3.8) is 0 Å². The van der Waals surface area contributed by atoms with Crippen LogP contribution in [0, 0.1) is 53.8 Å². The minimum absolute atomic E-state index is 0. The monoisotopic (exact) mass is 1040 g/mol. The van der Waals surface area contributed by atoms with Gasteiger partial charge in [0.2, 0.25) is 31.5 Å². The van der Waals surface area contributed by atoms with Gasteiger partial charge in [0, 0.05) is 29.5 Å². The van der Waals surface area contributed by atoms with Gasteiger partial charge >= 0.3 is 12.8 Å². The van der Waals surface area contributed by atoms with Crippen LogP contribution in [0.5, 0.6) is 11.5 Å². The van der Waals surface area contributed by atoms with E-state index in [1.807, 2.05) is 0 Å². The fraction of sp³-hybridized carbons (Fsp3) is 0.286. The molecule has 70 heavy (non-hydrogen) atoms. The molecule has 0 aliphatic carbocycles. The van der Waals surface area contributed by atoms with E-state index >= 15 is 0 Å². The Morgan fingerprint density at radius 2 is 1.10 bits per heavy atom. The van der Waals surface area contributed by atoms with E-state index < -0.39 is 63.9 Å². The summed E-state index contributed by atoms with van der Waals surface area (Å²) in [5.74, 6) is -0.592. The number of unbranched alkanes of at least 4 members (excludes halogenated alkanes) is 1. The fourth-order valence-corrected chi connectivity index (χ4v) is 7.37. The summed E-state index contributed by atoms with van der Waals surface area (Å²) in [6, 6.07) is 15.7. The summed E-state index contributed by atoms with van der Waals surface area (Å²) in [4.78, 5) is 45.5. The number of nitro groups is 2. The first-order valence-electron chi connectivity index (χ1n) is 20.6. The van der Waals surface area contributed by atoms with Crippen LogP contribution in [0.1, 0.15) is 63.5 Å². The number of nitrogens with zero attached hydrogens (tertiary/aromatic N) is 10. The smallest absolute Gasteiger partial charge is 0.501 e. The molecular weight excluding hydrogens is 995 g/mol. The molecule has 2 aromatic heterocycles. The van der Waals surface area contributed by atoms with E-state index in [1.165, 1.54) is 112 Å². The van der Waals surface area contributed by atoms with Gasteiger partial charge in [0.15, 0.2) is 0 Å². The molecule has 28 heteroatoms. The van der Waals surface area contributed by atoms with Crippen molar-refractivity contribution < 1.29 is 55.7 Å². The first-order chi connectivity index (χ1) is 32.3.